The maximum atomic E-state index is 13.2. The molecule has 8 heteroatoms. The first-order valence-corrected chi connectivity index (χ1v) is 11.9. The van der Waals surface area contributed by atoms with Crippen LogP contribution in [0.3, 0.4) is 0 Å². The molecular weight excluding hydrogens is 442 g/mol. The Bertz CT molecular complexity index is 1050. The molecule has 1 fully saturated rings. The fourth-order valence-corrected chi connectivity index (χ4v) is 5.11. The summed E-state index contributed by atoms with van der Waals surface area (Å²) in [6.07, 6.45) is 1.21. The number of thioether (sulfide) groups is 1. The molecule has 33 heavy (non-hydrogen) atoms. The van der Waals surface area contributed by atoms with Crippen molar-refractivity contribution >= 4 is 29.4 Å². The van der Waals surface area contributed by atoms with Crippen LogP contribution in [0.15, 0.2) is 47.4 Å². The minimum absolute atomic E-state index is 0.0712. The highest BCUT2D eigenvalue weighted by Gasteiger charge is 2.30. The molecule has 4 rings (SSSR count). The van der Waals surface area contributed by atoms with Gasteiger partial charge in [0, 0.05) is 29.5 Å². The van der Waals surface area contributed by atoms with E-state index in [-0.39, 0.29) is 23.6 Å². The van der Waals surface area contributed by atoms with E-state index < -0.39 is 5.25 Å². The van der Waals surface area contributed by atoms with Gasteiger partial charge < -0.3 is 19.1 Å². The lowest BCUT2D eigenvalue weighted by Gasteiger charge is -2.32. The van der Waals surface area contributed by atoms with E-state index in [0.29, 0.717) is 61.8 Å². The number of likely N-dealkylation sites (tertiary alicyclic amines) is 1. The Hall–Kier alpha value is -3.00. The van der Waals surface area contributed by atoms with Crippen LogP contribution in [0.25, 0.3) is 0 Å². The number of methoxy groups -OCH3 is 1. The molecule has 2 aromatic carbocycles. The van der Waals surface area contributed by atoms with E-state index in [4.69, 9.17) is 14.2 Å². The van der Waals surface area contributed by atoms with Crippen LogP contribution in [0.5, 0.6) is 11.5 Å². The Morgan fingerprint density at radius 2 is 1.73 bits per heavy atom. The Kier molecular flexibility index (Phi) is 7.23. The molecular formula is C25H27NO6S. The Morgan fingerprint density at radius 1 is 1.03 bits per heavy atom. The van der Waals surface area contributed by atoms with Crippen LogP contribution in [0, 0.1) is 5.92 Å². The van der Waals surface area contributed by atoms with Gasteiger partial charge in [-0.25, -0.2) is 0 Å². The number of nitrogens with zero attached hydrogens (tertiary/aromatic N) is 1. The quantitative estimate of drug-likeness (QED) is 0.361. The minimum Gasteiger partial charge on any atom is -0.486 e. The van der Waals surface area contributed by atoms with Gasteiger partial charge in [0.15, 0.2) is 17.3 Å². The summed E-state index contributed by atoms with van der Waals surface area (Å²) in [5, 5.41) is -0.418. The number of amides is 1. The summed E-state index contributed by atoms with van der Waals surface area (Å²) in [5.74, 6) is 0.787. The van der Waals surface area contributed by atoms with Crippen molar-refractivity contribution in [3.05, 3.63) is 53.6 Å². The molecule has 2 aromatic rings. The summed E-state index contributed by atoms with van der Waals surface area (Å²) in [6.45, 7) is 3.75. The van der Waals surface area contributed by atoms with E-state index >= 15 is 0 Å². The number of esters is 1. The van der Waals surface area contributed by atoms with Crippen LogP contribution in [-0.4, -0.2) is 61.2 Å². The number of benzene rings is 2. The van der Waals surface area contributed by atoms with E-state index in [2.05, 4.69) is 0 Å². The second-order valence-corrected chi connectivity index (χ2v) is 9.45. The van der Waals surface area contributed by atoms with Crippen molar-refractivity contribution in [1.82, 2.24) is 4.90 Å². The number of carbonyl (C=O) groups is 3. The maximum Gasteiger partial charge on any atom is 0.318 e. The Balaban J connectivity index is 1.40. The highest BCUT2D eigenvalue weighted by molar-refractivity contribution is 8.00. The van der Waals surface area contributed by atoms with Gasteiger partial charge in [-0.2, -0.15) is 0 Å². The molecule has 0 saturated carbocycles. The van der Waals surface area contributed by atoms with E-state index in [1.165, 1.54) is 18.9 Å². The first-order chi connectivity index (χ1) is 16.0. The van der Waals surface area contributed by atoms with Crippen molar-refractivity contribution in [3.8, 4) is 11.5 Å². The zero-order chi connectivity index (χ0) is 23.4. The van der Waals surface area contributed by atoms with Gasteiger partial charge in [0.05, 0.1) is 12.7 Å². The molecule has 1 saturated heterocycles. The van der Waals surface area contributed by atoms with E-state index in [1.54, 1.807) is 36.1 Å². The lowest BCUT2D eigenvalue weighted by Crippen LogP contribution is -2.40. The second kappa shape index (κ2) is 10.3. The van der Waals surface area contributed by atoms with Gasteiger partial charge in [0.1, 0.15) is 18.5 Å². The molecule has 2 aliphatic heterocycles. The number of piperidine rings is 1. The summed E-state index contributed by atoms with van der Waals surface area (Å²) in [4.78, 5) is 40.6. The molecule has 0 N–H and O–H groups in total. The largest absolute Gasteiger partial charge is 0.486 e. The smallest absolute Gasteiger partial charge is 0.318 e. The molecule has 1 unspecified atom stereocenters. The summed E-state index contributed by atoms with van der Waals surface area (Å²) in [5.41, 5.74) is 1.18. The summed E-state index contributed by atoms with van der Waals surface area (Å²) in [7, 11) is 1.35. The number of hydrogen-bond acceptors (Lipinski definition) is 7. The van der Waals surface area contributed by atoms with Crippen molar-refractivity contribution < 1.29 is 28.6 Å². The Morgan fingerprint density at radius 3 is 2.45 bits per heavy atom. The standard InChI is InChI=1S/C25H27NO6S/c1-16(25(29)30-2)33-22-6-4-3-5-19(22)24(28)26-11-9-17(10-12-26)23(27)18-7-8-20-21(15-18)32-14-13-31-20/h3-8,15-17H,9-14H2,1-2H3. The SMILES string of the molecule is COC(=O)C(C)Sc1ccccc1C(=O)N1CCC(C(=O)c2ccc3c(c2)OCCO3)CC1. The fourth-order valence-electron chi connectivity index (χ4n) is 4.10. The highest BCUT2D eigenvalue weighted by atomic mass is 32.2. The third kappa shape index (κ3) is 5.16. The van der Waals surface area contributed by atoms with Crippen LogP contribution in [0.4, 0.5) is 0 Å². The van der Waals surface area contributed by atoms with Crippen molar-refractivity contribution in [2.75, 3.05) is 33.4 Å². The third-order valence-corrected chi connectivity index (χ3v) is 7.09. The van der Waals surface area contributed by atoms with Gasteiger partial charge in [-0.05, 0) is 50.1 Å². The predicted molar refractivity (Wildman–Crippen MR) is 124 cm³/mol. The van der Waals surface area contributed by atoms with Crippen LogP contribution >= 0.6 is 11.8 Å². The molecule has 174 valence electrons. The number of rotatable bonds is 6. The molecule has 0 aliphatic carbocycles. The number of Topliss-reactive ketones (excluding diaryl/α,β-unsaturated/α-hetero) is 1. The zero-order valence-corrected chi connectivity index (χ0v) is 19.6. The van der Waals surface area contributed by atoms with E-state index in [1.807, 2.05) is 18.2 Å². The van der Waals surface area contributed by atoms with Crippen LogP contribution in [0.2, 0.25) is 0 Å². The number of hydrogen-bond donors (Lipinski definition) is 0. The molecule has 2 aliphatic rings. The number of fused-ring (bicyclic) bond motifs is 1. The van der Waals surface area contributed by atoms with Crippen molar-refractivity contribution in [3.63, 3.8) is 0 Å². The first kappa shape index (κ1) is 23.2. The average Bonchev–Trinajstić information content (AvgIpc) is 2.87. The fraction of sp³-hybridized carbons (Fsp3) is 0.400. The average molecular weight is 470 g/mol. The monoisotopic (exact) mass is 469 g/mol. The molecule has 0 radical (unpaired) electrons. The summed E-state index contributed by atoms with van der Waals surface area (Å²) in [6, 6.07) is 12.6. The van der Waals surface area contributed by atoms with Crippen LogP contribution in [-0.2, 0) is 9.53 Å². The number of ether oxygens (including phenoxy) is 3. The highest BCUT2D eigenvalue weighted by Crippen LogP contribution is 2.33. The lowest BCUT2D eigenvalue weighted by molar-refractivity contribution is -0.139. The topological polar surface area (TPSA) is 82.1 Å². The number of carbonyl (C=O) groups excluding carboxylic acids is 3. The minimum atomic E-state index is -0.418. The predicted octanol–water partition coefficient (Wildman–Crippen LogP) is 3.85. The lowest BCUT2D eigenvalue weighted by atomic mass is 9.88. The van der Waals surface area contributed by atoms with Crippen LogP contribution < -0.4 is 9.47 Å². The normalized spacial score (nSPS) is 16.7. The van der Waals surface area contributed by atoms with Crippen molar-refractivity contribution in [2.45, 2.75) is 29.9 Å². The van der Waals surface area contributed by atoms with E-state index in [0.717, 1.165) is 4.90 Å². The summed E-state index contributed by atoms with van der Waals surface area (Å²) >= 11 is 1.31. The van der Waals surface area contributed by atoms with Gasteiger partial charge in [-0.15, -0.1) is 11.8 Å². The van der Waals surface area contributed by atoms with Crippen molar-refractivity contribution in [1.29, 1.82) is 0 Å². The molecule has 0 bridgehead atoms. The Labute approximate surface area is 197 Å². The molecule has 0 spiro atoms. The van der Waals surface area contributed by atoms with Gasteiger partial charge in [-0.1, -0.05) is 12.1 Å². The summed E-state index contributed by atoms with van der Waals surface area (Å²) < 4.78 is 15.9. The molecule has 1 atom stereocenters. The van der Waals surface area contributed by atoms with Gasteiger partial charge in [0.25, 0.3) is 5.91 Å². The van der Waals surface area contributed by atoms with Gasteiger partial charge in [0.2, 0.25) is 0 Å². The second-order valence-electron chi connectivity index (χ2n) is 8.07. The zero-order valence-electron chi connectivity index (χ0n) is 18.7. The van der Waals surface area contributed by atoms with Crippen LogP contribution in [0.1, 0.15) is 40.5 Å². The number of ketones is 1. The molecule has 1 amide bonds. The van der Waals surface area contributed by atoms with Gasteiger partial charge in [-0.3, -0.25) is 14.4 Å². The molecule has 7 nitrogen and oxygen atoms in total. The van der Waals surface area contributed by atoms with E-state index in [9.17, 15) is 14.4 Å². The first-order valence-electron chi connectivity index (χ1n) is 11.0. The van der Waals surface area contributed by atoms with Crippen molar-refractivity contribution in [2.24, 2.45) is 5.92 Å². The maximum absolute atomic E-state index is 13.2. The molecule has 2 heterocycles. The molecule has 0 aromatic heterocycles. The van der Waals surface area contributed by atoms with Gasteiger partial charge >= 0.3 is 5.97 Å². The third-order valence-electron chi connectivity index (χ3n) is 5.93.